The molecule has 64 heavy (non-hydrogen) atoms. The highest BCUT2D eigenvalue weighted by Gasteiger charge is 2.34. The first-order chi connectivity index (χ1) is 31.1. The van der Waals surface area contributed by atoms with E-state index in [9.17, 15) is 9.90 Å². The van der Waals surface area contributed by atoms with Crippen LogP contribution in [0.4, 0.5) is 0 Å². The molecule has 4 aromatic heterocycles. The van der Waals surface area contributed by atoms with Crippen LogP contribution in [0.2, 0.25) is 0 Å². The second kappa shape index (κ2) is 19.1. The minimum atomic E-state index is -1.33. The summed E-state index contributed by atoms with van der Waals surface area (Å²) in [7, 11) is 3.76. The van der Waals surface area contributed by atoms with Crippen LogP contribution in [-0.4, -0.2) is 105 Å². The molecule has 2 aliphatic carbocycles. The van der Waals surface area contributed by atoms with Gasteiger partial charge < -0.3 is 33.4 Å². The van der Waals surface area contributed by atoms with Gasteiger partial charge in [0.15, 0.2) is 17.5 Å². The summed E-state index contributed by atoms with van der Waals surface area (Å²) >= 11 is 8.44. The summed E-state index contributed by atoms with van der Waals surface area (Å²) in [5.74, 6) is 2.88. The van der Waals surface area contributed by atoms with Gasteiger partial charge in [-0.3, -0.25) is 9.88 Å². The fourth-order valence-electron chi connectivity index (χ4n) is 8.24. The Hall–Kier alpha value is -5.87. The summed E-state index contributed by atoms with van der Waals surface area (Å²) < 4.78 is 36.6. The van der Waals surface area contributed by atoms with Crippen LogP contribution < -0.4 is 14.2 Å². The first kappa shape index (κ1) is 43.4. The third-order valence-electron chi connectivity index (χ3n) is 12.0. The van der Waals surface area contributed by atoms with E-state index in [4.69, 9.17) is 49.3 Å². The van der Waals surface area contributed by atoms with E-state index in [1.165, 1.54) is 11.5 Å². The number of benzene rings is 2. The molecule has 0 spiro atoms. The molecule has 2 fully saturated rings. The maximum Gasteiger partial charge on any atom is 0.345 e. The van der Waals surface area contributed by atoms with Gasteiger partial charge in [-0.1, -0.05) is 48.9 Å². The van der Waals surface area contributed by atoms with Gasteiger partial charge in [0, 0.05) is 68.9 Å². The number of methoxy groups -OCH3 is 1. The number of para-hydroxylation sites is 2. The largest absolute Gasteiger partial charge is 0.496 e. The molecule has 1 unspecified atom stereocenters. The van der Waals surface area contributed by atoms with Crippen molar-refractivity contribution >= 4 is 44.8 Å². The number of oxazole rings is 1. The zero-order chi connectivity index (χ0) is 44.3. The number of nitrogens with zero attached hydrogens (tertiary/aromatic N) is 7. The van der Waals surface area contributed by atoms with Crippen molar-refractivity contribution < 1.29 is 33.3 Å². The lowest BCUT2D eigenvalue weighted by molar-refractivity contribution is -0.145. The fourth-order valence-corrected chi connectivity index (χ4v) is 9.29. The molecule has 332 valence electrons. The number of hydrogen-bond acceptors (Lipinski definition) is 14. The maximum atomic E-state index is 13.1. The monoisotopic (exact) mass is 903 g/mol. The van der Waals surface area contributed by atoms with Crippen LogP contribution in [0.15, 0.2) is 94.0 Å². The topological polar surface area (TPSA) is 158 Å². The molecular weight excluding hydrogens is 854 g/mol. The number of aromatic nitrogens is 5. The van der Waals surface area contributed by atoms with Crippen molar-refractivity contribution in [1.29, 1.82) is 0 Å². The number of allylic oxidation sites excluding steroid dienone is 4. The molecule has 9 rings (SSSR count). The van der Waals surface area contributed by atoms with E-state index in [-0.39, 0.29) is 24.8 Å². The molecule has 0 bridgehead atoms. The molecular formula is C48H50ClN7O7S. The van der Waals surface area contributed by atoms with E-state index in [0.29, 0.717) is 75.3 Å². The standard InChI is InChI=1S/C48H50ClN7O7S/c1-28-23-34(29(2)42(49)44(28)60-22-21-56-19-17-55(3)18-20-56)40-41-39(26-51-43(40)38-25-52-46(63-38)30-13-14-30)64-54-47(41)62-37(48(57)58)24-31-9-5-7-11-35(31)61-27-32-15-16-50-45(53-32)33-10-6-8-12-36(33)59-4/h5-12,15-16,25-26,28,30,37H,13-14,17-24,27H2,1-4H3,(H,57,58)/t28?,37-/m1/s1. The van der Waals surface area contributed by atoms with E-state index in [0.717, 1.165) is 78.3 Å². The van der Waals surface area contributed by atoms with Gasteiger partial charge in [0.25, 0.3) is 0 Å². The molecule has 1 N–H and O–H groups in total. The van der Waals surface area contributed by atoms with E-state index in [1.54, 1.807) is 37.8 Å². The van der Waals surface area contributed by atoms with Gasteiger partial charge in [-0.15, -0.1) is 0 Å². The number of pyridine rings is 1. The van der Waals surface area contributed by atoms with E-state index in [1.807, 2.05) is 49.4 Å². The van der Waals surface area contributed by atoms with Crippen molar-refractivity contribution in [3.05, 3.63) is 112 Å². The number of halogens is 1. The van der Waals surface area contributed by atoms with Crippen molar-refractivity contribution in [3.8, 4) is 40.2 Å². The highest BCUT2D eigenvalue weighted by Crippen LogP contribution is 2.49. The molecule has 2 atom stereocenters. The van der Waals surface area contributed by atoms with Crippen LogP contribution in [-0.2, 0) is 22.6 Å². The Kier molecular flexibility index (Phi) is 12.9. The number of likely N-dealkylation sites (N-methyl/N-ethyl adjacent to an activating group) is 1. The Morgan fingerprint density at radius 1 is 1.00 bits per heavy atom. The predicted molar refractivity (Wildman–Crippen MR) is 245 cm³/mol. The molecule has 1 saturated carbocycles. The Bertz CT molecular complexity index is 2720. The molecule has 6 aromatic rings. The second-order valence-electron chi connectivity index (χ2n) is 16.5. The van der Waals surface area contributed by atoms with Gasteiger partial charge in [0.1, 0.15) is 36.2 Å². The number of fused-ring (bicyclic) bond motifs is 1. The van der Waals surface area contributed by atoms with Crippen molar-refractivity contribution in [2.24, 2.45) is 5.92 Å². The van der Waals surface area contributed by atoms with Crippen LogP contribution >= 0.6 is 23.1 Å². The fraction of sp³-hybridized carbons (Fsp3) is 0.375. The van der Waals surface area contributed by atoms with E-state index in [2.05, 4.69) is 33.7 Å². The molecule has 16 heteroatoms. The third-order valence-corrected chi connectivity index (χ3v) is 13.3. The molecule has 2 aromatic carbocycles. The Morgan fingerprint density at radius 2 is 1.78 bits per heavy atom. The number of hydrogen-bond donors (Lipinski definition) is 1. The highest BCUT2D eigenvalue weighted by molar-refractivity contribution is 7.13. The molecule has 3 aliphatic rings. The molecule has 0 radical (unpaired) electrons. The number of carboxylic acid groups (broad SMARTS) is 1. The number of ether oxygens (including phenoxy) is 4. The summed E-state index contributed by atoms with van der Waals surface area (Å²) in [5.41, 5.74) is 5.09. The minimum Gasteiger partial charge on any atom is -0.496 e. The van der Waals surface area contributed by atoms with Crippen molar-refractivity contribution in [2.45, 2.75) is 58.2 Å². The number of rotatable bonds is 17. The number of aliphatic carboxylic acids is 1. The summed E-state index contributed by atoms with van der Waals surface area (Å²) in [6.45, 7) is 9.67. The van der Waals surface area contributed by atoms with Gasteiger partial charge >= 0.3 is 5.97 Å². The summed E-state index contributed by atoms with van der Waals surface area (Å²) in [6.07, 6.45) is 6.43. The lowest BCUT2D eigenvalue weighted by atomic mass is 9.83. The minimum absolute atomic E-state index is 0.0109. The molecule has 14 nitrogen and oxygen atoms in total. The zero-order valence-electron chi connectivity index (χ0n) is 36.3. The lowest BCUT2D eigenvalue weighted by Gasteiger charge is -2.33. The van der Waals surface area contributed by atoms with Gasteiger partial charge in [0.05, 0.1) is 39.7 Å². The van der Waals surface area contributed by atoms with E-state index >= 15 is 0 Å². The summed E-state index contributed by atoms with van der Waals surface area (Å²) in [6, 6.07) is 16.6. The Labute approximate surface area is 380 Å². The third kappa shape index (κ3) is 9.34. The predicted octanol–water partition coefficient (Wildman–Crippen LogP) is 8.87. The van der Waals surface area contributed by atoms with Crippen molar-refractivity contribution in [2.75, 3.05) is 53.5 Å². The summed E-state index contributed by atoms with van der Waals surface area (Å²) in [5, 5.41) is 11.9. The first-order valence-corrected chi connectivity index (χ1v) is 22.7. The summed E-state index contributed by atoms with van der Waals surface area (Å²) in [4.78, 5) is 36.6. The molecule has 1 aliphatic heterocycles. The normalized spacial score (nSPS) is 17.8. The molecule has 0 amide bonds. The lowest BCUT2D eigenvalue weighted by Crippen LogP contribution is -2.45. The van der Waals surface area contributed by atoms with Gasteiger partial charge in [-0.2, -0.15) is 4.37 Å². The average Bonchev–Trinajstić information content (AvgIpc) is 3.90. The zero-order valence-corrected chi connectivity index (χ0v) is 37.8. The van der Waals surface area contributed by atoms with Crippen LogP contribution in [0.3, 0.4) is 0 Å². The van der Waals surface area contributed by atoms with Crippen molar-refractivity contribution in [1.82, 2.24) is 34.1 Å². The smallest absolute Gasteiger partial charge is 0.345 e. The van der Waals surface area contributed by atoms with Crippen LogP contribution in [0.25, 0.3) is 38.5 Å². The van der Waals surface area contributed by atoms with Gasteiger partial charge in [0.2, 0.25) is 12.0 Å². The van der Waals surface area contributed by atoms with Crippen LogP contribution in [0.1, 0.15) is 61.7 Å². The number of carbonyl (C=O) groups is 1. The van der Waals surface area contributed by atoms with Crippen LogP contribution in [0.5, 0.6) is 17.4 Å². The quantitative estimate of drug-likeness (QED) is 0.0925. The second-order valence-corrected chi connectivity index (χ2v) is 17.7. The van der Waals surface area contributed by atoms with Crippen molar-refractivity contribution in [3.63, 3.8) is 0 Å². The van der Waals surface area contributed by atoms with Crippen LogP contribution in [0, 0.1) is 5.92 Å². The highest BCUT2D eigenvalue weighted by atomic mass is 35.5. The SMILES string of the molecule is COc1ccccc1-c1nccc(COc2ccccc2C[C@@H](Oc2nsc3cnc(-c4cnc(C5CC5)o4)c(C4=C(C)C(Cl)=C(OCCN5CCN(C)CC5)C(C)C4)c23)C(=O)O)n1. The number of carboxylic acids is 1. The molecule has 1 saturated heterocycles. The number of piperazine rings is 1. The maximum absolute atomic E-state index is 13.1. The Balaban J connectivity index is 1.01. The first-order valence-electron chi connectivity index (χ1n) is 21.6. The van der Waals surface area contributed by atoms with Gasteiger partial charge in [-0.05, 0) is 85.7 Å². The average molecular weight is 904 g/mol. The van der Waals surface area contributed by atoms with Gasteiger partial charge in [-0.25, -0.2) is 19.7 Å². The van der Waals surface area contributed by atoms with E-state index < -0.39 is 12.1 Å². The Morgan fingerprint density at radius 3 is 2.56 bits per heavy atom. The molecule has 5 heterocycles.